The number of thioether (sulfide) groups is 1. The zero-order chi connectivity index (χ0) is 13.2. The van der Waals surface area contributed by atoms with Gasteiger partial charge in [0.05, 0.1) is 6.57 Å². The van der Waals surface area contributed by atoms with Crippen LogP contribution in [-0.4, -0.2) is 4.98 Å². The molecule has 5 heteroatoms. The Bertz CT molecular complexity index is 679. The minimum atomic E-state index is 0.664. The van der Waals surface area contributed by atoms with Gasteiger partial charge in [0.2, 0.25) is 5.69 Å². The van der Waals surface area contributed by atoms with Crippen molar-refractivity contribution in [3.05, 3.63) is 58.0 Å². The van der Waals surface area contributed by atoms with Gasteiger partial charge in [-0.3, -0.25) is 4.98 Å². The number of nitrogens with one attached hydrogen (secondary N) is 1. The molecule has 0 atom stereocenters. The molecule has 0 aliphatic carbocycles. The van der Waals surface area contributed by atoms with Gasteiger partial charge in [-0.05, 0) is 29.3 Å². The second-order valence-corrected chi connectivity index (χ2v) is 5.61. The van der Waals surface area contributed by atoms with E-state index in [0.29, 0.717) is 10.7 Å². The lowest BCUT2D eigenvalue weighted by Gasteiger charge is -2.11. The van der Waals surface area contributed by atoms with Crippen molar-refractivity contribution in [2.75, 3.05) is 5.32 Å². The average Bonchev–Trinajstić information content (AvgIpc) is 2.89. The van der Waals surface area contributed by atoms with Crippen molar-refractivity contribution < 1.29 is 0 Å². The molecule has 0 amide bonds. The Morgan fingerprint density at radius 1 is 1.32 bits per heavy atom. The molecule has 1 N–H and O–H groups in total. The normalized spacial score (nSPS) is 12.8. The molecule has 0 radical (unpaired) electrons. The van der Waals surface area contributed by atoms with Crippen LogP contribution in [-0.2, 0) is 11.5 Å². The van der Waals surface area contributed by atoms with Crippen LogP contribution in [0.2, 0.25) is 5.02 Å². The monoisotopic (exact) mass is 287 g/mol. The Balaban J connectivity index is 1.99. The van der Waals surface area contributed by atoms with Crippen molar-refractivity contribution in [2.24, 2.45) is 0 Å². The molecule has 1 aliphatic rings. The van der Waals surface area contributed by atoms with Gasteiger partial charge in [-0.1, -0.05) is 17.7 Å². The second-order valence-electron chi connectivity index (χ2n) is 4.19. The van der Waals surface area contributed by atoms with Gasteiger partial charge in [-0.25, -0.2) is 4.85 Å². The summed E-state index contributed by atoms with van der Waals surface area (Å²) in [4.78, 5) is 7.89. The molecule has 0 fully saturated rings. The molecular weight excluding hydrogens is 278 g/mol. The summed E-state index contributed by atoms with van der Waals surface area (Å²) in [6.07, 6.45) is 1.64. The average molecular weight is 288 g/mol. The fourth-order valence-electron chi connectivity index (χ4n) is 2.06. The van der Waals surface area contributed by atoms with E-state index in [1.165, 1.54) is 0 Å². The van der Waals surface area contributed by atoms with E-state index in [9.17, 15) is 0 Å². The lowest BCUT2D eigenvalue weighted by molar-refractivity contribution is 1.22. The Morgan fingerprint density at radius 3 is 2.95 bits per heavy atom. The number of hydrogen-bond acceptors (Lipinski definition) is 3. The molecule has 2 heterocycles. The van der Waals surface area contributed by atoms with E-state index < -0.39 is 0 Å². The van der Waals surface area contributed by atoms with E-state index in [1.807, 2.05) is 36.0 Å². The standard InChI is InChI=1S/C14H10ClN3S/c1-16-13-6-17-14(12-8-19-7-11(12)13)18-10-4-2-3-9(15)5-10/h2-6H,7-8H2,(H,17,18). The van der Waals surface area contributed by atoms with Gasteiger partial charge in [-0.2, -0.15) is 11.8 Å². The second kappa shape index (κ2) is 5.12. The Hall–Kier alpha value is -1.70. The van der Waals surface area contributed by atoms with E-state index >= 15 is 0 Å². The van der Waals surface area contributed by atoms with Crippen LogP contribution < -0.4 is 5.32 Å². The first-order valence-corrected chi connectivity index (χ1v) is 7.30. The van der Waals surface area contributed by atoms with E-state index in [1.54, 1.807) is 6.20 Å². The van der Waals surface area contributed by atoms with Crippen LogP contribution in [0, 0.1) is 6.57 Å². The molecular formula is C14H10ClN3S. The maximum Gasteiger partial charge on any atom is 0.209 e. The van der Waals surface area contributed by atoms with Gasteiger partial charge in [0.1, 0.15) is 5.82 Å². The van der Waals surface area contributed by atoms with Crippen molar-refractivity contribution in [3.8, 4) is 0 Å². The fourth-order valence-corrected chi connectivity index (χ4v) is 3.39. The number of anilines is 2. The summed E-state index contributed by atoms with van der Waals surface area (Å²) in [6.45, 7) is 7.17. The zero-order valence-electron chi connectivity index (χ0n) is 9.98. The zero-order valence-corrected chi connectivity index (χ0v) is 11.6. The smallest absolute Gasteiger partial charge is 0.209 e. The number of hydrogen-bond donors (Lipinski definition) is 1. The SMILES string of the molecule is [C-]#[N+]c1cnc(Nc2cccc(Cl)c2)c2c1CSC2. The fraction of sp³-hybridized carbons (Fsp3) is 0.143. The van der Waals surface area contributed by atoms with Gasteiger partial charge < -0.3 is 5.32 Å². The van der Waals surface area contributed by atoms with Gasteiger partial charge in [0.25, 0.3) is 0 Å². The molecule has 1 aromatic carbocycles. The molecule has 0 saturated heterocycles. The first kappa shape index (κ1) is 12.3. The van der Waals surface area contributed by atoms with Crippen LogP contribution in [0.3, 0.4) is 0 Å². The first-order chi connectivity index (χ1) is 9.28. The van der Waals surface area contributed by atoms with Crippen molar-refractivity contribution in [1.82, 2.24) is 4.98 Å². The first-order valence-electron chi connectivity index (χ1n) is 5.76. The third-order valence-electron chi connectivity index (χ3n) is 2.98. The van der Waals surface area contributed by atoms with Crippen LogP contribution in [0.5, 0.6) is 0 Å². The molecule has 0 spiro atoms. The third kappa shape index (κ3) is 2.40. The highest BCUT2D eigenvalue weighted by Crippen LogP contribution is 2.40. The lowest BCUT2D eigenvalue weighted by atomic mass is 10.1. The molecule has 0 saturated carbocycles. The van der Waals surface area contributed by atoms with Crippen molar-refractivity contribution in [3.63, 3.8) is 0 Å². The number of benzene rings is 1. The number of aromatic nitrogens is 1. The Morgan fingerprint density at radius 2 is 2.16 bits per heavy atom. The number of fused-ring (bicyclic) bond motifs is 1. The molecule has 0 bridgehead atoms. The summed E-state index contributed by atoms with van der Waals surface area (Å²) in [5.74, 6) is 2.61. The van der Waals surface area contributed by atoms with Crippen LogP contribution in [0.1, 0.15) is 11.1 Å². The molecule has 0 unspecified atom stereocenters. The molecule has 94 valence electrons. The van der Waals surface area contributed by atoms with Crippen LogP contribution in [0.4, 0.5) is 17.2 Å². The Kier molecular flexibility index (Phi) is 3.33. The molecule has 19 heavy (non-hydrogen) atoms. The highest BCUT2D eigenvalue weighted by Gasteiger charge is 2.20. The van der Waals surface area contributed by atoms with Crippen molar-refractivity contribution in [1.29, 1.82) is 0 Å². The summed E-state index contributed by atoms with van der Waals surface area (Å²) in [5, 5.41) is 3.97. The van der Waals surface area contributed by atoms with Crippen molar-refractivity contribution >= 4 is 40.6 Å². The van der Waals surface area contributed by atoms with E-state index in [4.69, 9.17) is 18.2 Å². The lowest BCUT2D eigenvalue weighted by Crippen LogP contribution is -1.98. The minimum absolute atomic E-state index is 0.664. The predicted octanol–water partition coefficient (Wildman–Crippen LogP) is 4.78. The summed E-state index contributed by atoms with van der Waals surface area (Å²) in [6, 6.07) is 7.54. The third-order valence-corrected chi connectivity index (χ3v) is 4.20. The summed E-state index contributed by atoms with van der Waals surface area (Å²) < 4.78 is 0. The van der Waals surface area contributed by atoms with Crippen LogP contribution in [0.15, 0.2) is 30.5 Å². The molecule has 1 aliphatic heterocycles. The van der Waals surface area contributed by atoms with Gasteiger partial charge in [0, 0.05) is 28.4 Å². The predicted molar refractivity (Wildman–Crippen MR) is 80.2 cm³/mol. The van der Waals surface area contributed by atoms with Gasteiger partial charge in [0.15, 0.2) is 0 Å². The van der Waals surface area contributed by atoms with Crippen LogP contribution >= 0.6 is 23.4 Å². The number of halogens is 1. The highest BCUT2D eigenvalue weighted by molar-refractivity contribution is 7.98. The van der Waals surface area contributed by atoms with Gasteiger partial charge >= 0.3 is 0 Å². The maximum absolute atomic E-state index is 7.17. The largest absolute Gasteiger partial charge is 0.340 e. The topological polar surface area (TPSA) is 29.3 Å². The summed E-state index contributed by atoms with van der Waals surface area (Å²) in [5.41, 5.74) is 3.82. The van der Waals surface area contributed by atoms with E-state index in [2.05, 4.69) is 15.1 Å². The molecule has 3 nitrogen and oxygen atoms in total. The maximum atomic E-state index is 7.17. The number of rotatable bonds is 2. The Labute approximate surface area is 120 Å². The van der Waals surface area contributed by atoms with Crippen molar-refractivity contribution in [2.45, 2.75) is 11.5 Å². The number of nitrogens with zero attached hydrogens (tertiary/aromatic N) is 2. The summed E-state index contributed by atoms with van der Waals surface area (Å²) in [7, 11) is 0. The molecule has 2 aromatic rings. The summed E-state index contributed by atoms with van der Waals surface area (Å²) >= 11 is 7.78. The van der Waals surface area contributed by atoms with Gasteiger partial charge in [-0.15, -0.1) is 0 Å². The minimum Gasteiger partial charge on any atom is -0.340 e. The van der Waals surface area contributed by atoms with E-state index in [0.717, 1.165) is 34.1 Å². The number of pyridine rings is 1. The molecule has 1 aromatic heterocycles. The van der Waals surface area contributed by atoms with Crippen LogP contribution in [0.25, 0.3) is 4.85 Å². The molecule has 3 rings (SSSR count). The highest BCUT2D eigenvalue weighted by atomic mass is 35.5. The quantitative estimate of drug-likeness (QED) is 0.806. The van der Waals surface area contributed by atoms with E-state index in [-0.39, 0.29) is 0 Å².